The van der Waals surface area contributed by atoms with Crippen molar-refractivity contribution in [3.63, 3.8) is 0 Å². The van der Waals surface area contributed by atoms with Crippen LogP contribution in [0, 0.1) is 0 Å². The largest absolute Gasteiger partial charge is 0.503 e. The van der Waals surface area contributed by atoms with Crippen LogP contribution in [0.25, 0.3) is 5.57 Å². The molecule has 0 fully saturated rings. The Hall–Kier alpha value is -1.97. The van der Waals surface area contributed by atoms with Gasteiger partial charge in [-0.3, -0.25) is 0 Å². The summed E-state index contributed by atoms with van der Waals surface area (Å²) in [7, 11) is 2.83. The molecule has 0 N–H and O–H groups in total. The smallest absolute Gasteiger partial charge is 0.341 e. The molecule has 0 aliphatic heterocycles. The third-order valence-electron chi connectivity index (χ3n) is 2.57. The summed E-state index contributed by atoms with van der Waals surface area (Å²) in [6.45, 7) is 2.72. The molecule has 0 aliphatic carbocycles. The Labute approximate surface area is 114 Å². The van der Waals surface area contributed by atoms with Gasteiger partial charge in [0.05, 0.1) is 27.1 Å². The van der Waals surface area contributed by atoms with Crippen LogP contribution in [0.1, 0.15) is 25.3 Å². The quantitative estimate of drug-likeness (QED) is 0.329. The molecular formula is C15H20O4. The second-order valence-electron chi connectivity index (χ2n) is 3.96. The highest BCUT2D eigenvalue weighted by molar-refractivity contribution is 6.16. The van der Waals surface area contributed by atoms with Crippen LogP contribution in [0.15, 0.2) is 30.5 Å². The maximum absolute atomic E-state index is 11.8. The predicted molar refractivity (Wildman–Crippen MR) is 73.8 cm³/mol. The topological polar surface area (TPSA) is 44.8 Å². The number of benzene rings is 1. The van der Waals surface area contributed by atoms with E-state index in [-0.39, 0.29) is 0 Å². The Morgan fingerprint density at radius 2 is 2.00 bits per heavy atom. The third-order valence-corrected chi connectivity index (χ3v) is 2.57. The maximum atomic E-state index is 11.8. The molecule has 104 valence electrons. The number of esters is 1. The lowest BCUT2D eigenvalue weighted by Gasteiger charge is -2.12. The van der Waals surface area contributed by atoms with Gasteiger partial charge in [0.15, 0.2) is 0 Å². The van der Waals surface area contributed by atoms with Crippen LogP contribution in [0.5, 0.6) is 5.75 Å². The van der Waals surface area contributed by atoms with Gasteiger partial charge >= 0.3 is 5.97 Å². The Bertz CT molecular complexity index is 438. The van der Waals surface area contributed by atoms with Crippen molar-refractivity contribution >= 4 is 11.5 Å². The molecule has 0 radical (unpaired) electrons. The SMILES string of the molecule is CCCCOc1ccccc1C(=COC)C(=O)OC. The molecule has 0 aliphatic rings. The normalized spacial score (nSPS) is 11.0. The van der Waals surface area contributed by atoms with Crippen molar-refractivity contribution < 1.29 is 19.0 Å². The van der Waals surface area contributed by atoms with Crippen LogP contribution < -0.4 is 4.74 Å². The number of para-hydroxylation sites is 1. The molecule has 1 aromatic rings. The number of ether oxygens (including phenoxy) is 3. The van der Waals surface area contributed by atoms with Crippen LogP contribution in [-0.4, -0.2) is 26.8 Å². The second-order valence-corrected chi connectivity index (χ2v) is 3.96. The van der Waals surface area contributed by atoms with Gasteiger partial charge in [0.2, 0.25) is 0 Å². The zero-order valence-electron chi connectivity index (χ0n) is 11.6. The van der Waals surface area contributed by atoms with Gasteiger partial charge in [-0.1, -0.05) is 31.5 Å². The first-order valence-corrected chi connectivity index (χ1v) is 6.28. The summed E-state index contributed by atoms with van der Waals surface area (Å²) in [5.74, 6) is 0.207. The Kier molecular flexibility index (Phi) is 6.50. The predicted octanol–water partition coefficient (Wildman–Crippen LogP) is 3.03. The van der Waals surface area contributed by atoms with Crippen molar-refractivity contribution in [2.75, 3.05) is 20.8 Å². The number of hydrogen-bond donors (Lipinski definition) is 0. The van der Waals surface area contributed by atoms with Crippen molar-refractivity contribution in [2.24, 2.45) is 0 Å². The van der Waals surface area contributed by atoms with E-state index in [0.717, 1.165) is 12.8 Å². The fourth-order valence-electron chi connectivity index (χ4n) is 1.59. The van der Waals surface area contributed by atoms with E-state index in [2.05, 4.69) is 6.92 Å². The highest BCUT2D eigenvalue weighted by atomic mass is 16.5. The first-order valence-electron chi connectivity index (χ1n) is 6.28. The molecule has 0 heterocycles. The molecule has 0 atom stereocenters. The van der Waals surface area contributed by atoms with E-state index in [1.54, 1.807) is 0 Å². The van der Waals surface area contributed by atoms with Gasteiger partial charge in [0.25, 0.3) is 0 Å². The van der Waals surface area contributed by atoms with Gasteiger partial charge in [0, 0.05) is 5.56 Å². The molecule has 0 amide bonds. The number of rotatable bonds is 7. The molecule has 4 nitrogen and oxygen atoms in total. The van der Waals surface area contributed by atoms with Crippen molar-refractivity contribution in [3.05, 3.63) is 36.1 Å². The van der Waals surface area contributed by atoms with E-state index in [9.17, 15) is 4.79 Å². The minimum Gasteiger partial charge on any atom is -0.503 e. The van der Waals surface area contributed by atoms with Crippen molar-refractivity contribution in [3.8, 4) is 5.75 Å². The average molecular weight is 264 g/mol. The van der Waals surface area contributed by atoms with Crippen LogP contribution in [0.2, 0.25) is 0 Å². The molecule has 0 unspecified atom stereocenters. The van der Waals surface area contributed by atoms with Gasteiger partial charge in [0.1, 0.15) is 11.3 Å². The molecule has 0 bridgehead atoms. The van der Waals surface area contributed by atoms with E-state index in [4.69, 9.17) is 14.2 Å². The molecule has 1 rings (SSSR count). The van der Waals surface area contributed by atoms with Crippen LogP contribution in [0.3, 0.4) is 0 Å². The van der Waals surface area contributed by atoms with Gasteiger partial charge in [-0.15, -0.1) is 0 Å². The lowest BCUT2D eigenvalue weighted by Crippen LogP contribution is -2.07. The minimum absolute atomic E-state index is 0.345. The summed E-state index contributed by atoms with van der Waals surface area (Å²) in [4.78, 5) is 11.8. The average Bonchev–Trinajstić information content (AvgIpc) is 2.45. The fourth-order valence-corrected chi connectivity index (χ4v) is 1.59. The Morgan fingerprint density at radius 3 is 2.63 bits per heavy atom. The second kappa shape index (κ2) is 8.19. The standard InChI is InChI=1S/C15H20O4/c1-4-5-10-19-14-9-7-6-8-12(14)13(11-17-2)15(16)18-3/h6-9,11H,4-5,10H2,1-3H3. The zero-order valence-corrected chi connectivity index (χ0v) is 11.6. The maximum Gasteiger partial charge on any atom is 0.341 e. The highest BCUT2D eigenvalue weighted by Crippen LogP contribution is 2.27. The van der Waals surface area contributed by atoms with Gasteiger partial charge < -0.3 is 14.2 Å². The first kappa shape index (κ1) is 15.1. The molecule has 19 heavy (non-hydrogen) atoms. The number of carbonyl (C=O) groups is 1. The fraction of sp³-hybridized carbons (Fsp3) is 0.400. The summed E-state index contributed by atoms with van der Waals surface area (Å²) in [6, 6.07) is 7.35. The van der Waals surface area contributed by atoms with E-state index in [1.165, 1.54) is 20.5 Å². The van der Waals surface area contributed by atoms with E-state index >= 15 is 0 Å². The molecule has 1 aromatic carbocycles. The number of methoxy groups -OCH3 is 2. The van der Waals surface area contributed by atoms with Crippen LogP contribution in [-0.2, 0) is 14.3 Å². The van der Waals surface area contributed by atoms with Gasteiger partial charge in [-0.2, -0.15) is 0 Å². The summed E-state index contributed by atoms with van der Waals surface area (Å²) in [5.41, 5.74) is 1.02. The molecule has 0 saturated carbocycles. The van der Waals surface area contributed by atoms with Gasteiger partial charge in [-0.25, -0.2) is 4.79 Å². The number of hydrogen-bond acceptors (Lipinski definition) is 4. The Morgan fingerprint density at radius 1 is 1.26 bits per heavy atom. The van der Waals surface area contributed by atoms with Crippen molar-refractivity contribution in [1.82, 2.24) is 0 Å². The van der Waals surface area contributed by atoms with Crippen LogP contribution in [0.4, 0.5) is 0 Å². The van der Waals surface area contributed by atoms with E-state index in [0.29, 0.717) is 23.5 Å². The van der Waals surface area contributed by atoms with E-state index < -0.39 is 5.97 Å². The highest BCUT2D eigenvalue weighted by Gasteiger charge is 2.17. The van der Waals surface area contributed by atoms with Gasteiger partial charge in [-0.05, 0) is 12.5 Å². The van der Waals surface area contributed by atoms with E-state index in [1.807, 2.05) is 24.3 Å². The summed E-state index contributed by atoms with van der Waals surface area (Å²) in [5, 5.41) is 0. The molecule has 0 spiro atoms. The van der Waals surface area contributed by atoms with Crippen LogP contribution >= 0.6 is 0 Å². The Balaban J connectivity index is 3.02. The summed E-state index contributed by atoms with van der Waals surface area (Å²) < 4.78 is 15.4. The molecule has 0 saturated heterocycles. The van der Waals surface area contributed by atoms with Crippen molar-refractivity contribution in [1.29, 1.82) is 0 Å². The molecule has 0 aromatic heterocycles. The number of unbranched alkanes of at least 4 members (excludes halogenated alkanes) is 1. The molecule has 4 heteroatoms. The molecular weight excluding hydrogens is 244 g/mol. The summed E-state index contributed by atoms with van der Waals surface area (Å²) >= 11 is 0. The zero-order chi connectivity index (χ0) is 14.1. The number of carbonyl (C=O) groups excluding carboxylic acids is 1. The monoisotopic (exact) mass is 264 g/mol. The first-order chi connectivity index (χ1) is 9.24. The lowest BCUT2D eigenvalue weighted by molar-refractivity contribution is -0.133. The third kappa shape index (κ3) is 4.32. The summed E-state index contributed by atoms with van der Waals surface area (Å²) in [6.07, 6.45) is 3.39. The minimum atomic E-state index is -0.451. The van der Waals surface area contributed by atoms with Crippen molar-refractivity contribution in [2.45, 2.75) is 19.8 Å². The lowest BCUT2D eigenvalue weighted by atomic mass is 10.1.